The fourth-order valence-corrected chi connectivity index (χ4v) is 16.5. The molecule has 0 amide bonds. The Hall–Kier alpha value is -10.1. The van der Waals surface area contributed by atoms with Crippen molar-refractivity contribution >= 4 is 0 Å². The second kappa shape index (κ2) is 45.0. The predicted octanol–water partition coefficient (Wildman–Crippen LogP) is 29.7. The average molecular weight is 1730 g/mol. The van der Waals surface area contributed by atoms with E-state index in [2.05, 4.69) is 424 Å². The van der Waals surface area contributed by atoms with E-state index in [1.54, 1.807) is 0 Å². The Morgan fingerprint density at radius 3 is 0.703 bits per heavy atom. The van der Waals surface area contributed by atoms with Crippen LogP contribution in [0.15, 0.2) is 273 Å². The molecule has 14 nitrogen and oxygen atoms in total. The summed E-state index contributed by atoms with van der Waals surface area (Å²) in [5, 5.41) is 8.76. The minimum absolute atomic E-state index is 0.0497. The number of hydroxylamine groups is 8. The van der Waals surface area contributed by atoms with Crippen LogP contribution in [0.2, 0.25) is 0 Å². The van der Waals surface area contributed by atoms with Gasteiger partial charge in [0, 0.05) is 45.9 Å². The number of rotatable bonds is 43. The predicted molar refractivity (Wildman–Crippen MR) is 521 cm³/mol. The molecule has 682 valence electrons. The number of aryl methyl sites for hydroxylation is 1. The highest BCUT2D eigenvalue weighted by Crippen LogP contribution is 2.44. The largest absolute Gasteiger partial charge is 0.489 e. The van der Waals surface area contributed by atoms with Gasteiger partial charge in [0.25, 0.3) is 0 Å². The molecule has 0 spiro atoms. The Bertz CT molecular complexity index is 5010. The van der Waals surface area contributed by atoms with Crippen molar-refractivity contribution < 1.29 is 47.8 Å². The Balaban J connectivity index is 0.819. The van der Waals surface area contributed by atoms with Gasteiger partial charge in [-0.05, 0) is 255 Å². The van der Waals surface area contributed by atoms with Crippen molar-refractivity contribution in [1.29, 1.82) is 0 Å². The quantitative estimate of drug-likeness (QED) is 0.0339. The minimum Gasteiger partial charge on any atom is -0.489 e. The third-order valence-corrected chi connectivity index (χ3v) is 23.4. The summed E-state index contributed by atoms with van der Waals surface area (Å²) >= 11 is 0. The van der Waals surface area contributed by atoms with Gasteiger partial charge in [-0.3, -0.25) is 19.4 Å². The lowest BCUT2D eigenvalue weighted by Crippen LogP contribution is -2.46. The molecular formula is C114H146N4O10. The number of hydrogen-bond donors (Lipinski definition) is 0. The lowest BCUT2D eigenvalue weighted by Gasteiger charge is -2.44. The number of ether oxygens (including phenoxy) is 6. The van der Waals surface area contributed by atoms with E-state index in [0.717, 1.165) is 67.6 Å². The molecule has 11 aromatic carbocycles. The summed E-state index contributed by atoms with van der Waals surface area (Å²) in [5.41, 5.74) is 14.9. The van der Waals surface area contributed by atoms with Crippen molar-refractivity contribution in [1.82, 2.24) is 20.3 Å². The van der Waals surface area contributed by atoms with Crippen LogP contribution in [0.3, 0.4) is 0 Å². The van der Waals surface area contributed by atoms with E-state index in [-0.39, 0.29) is 84.0 Å². The normalized spacial score (nSPS) is 14.3. The van der Waals surface area contributed by atoms with Crippen LogP contribution >= 0.6 is 0 Å². The van der Waals surface area contributed by atoms with Crippen LogP contribution in [0.4, 0.5) is 0 Å². The first-order valence-corrected chi connectivity index (χ1v) is 46.4. The van der Waals surface area contributed by atoms with Gasteiger partial charge in [0.2, 0.25) is 0 Å². The molecule has 0 heterocycles. The van der Waals surface area contributed by atoms with Crippen LogP contribution in [0.1, 0.15) is 305 Å². The molecule has 14 heteroatoms. The summed E-state index contributed by atoms with van der Waals surface area (Å²) in [6, 6.07) is 95.3. The van der Waals surface area contributed by atoms with Crippen molar-refractivity contribution in [2.24, 2.45) is 23.7 Å². The third kappa shape index (κ3) is 27.7. The van der Waals surface area contributed by atoms with Gasteiger partial charge in [-0.15, -0.1) is 0 Å². The third-order valence-electron chi connectivity index (χ3n) is 23.4. The lowest BCUT2D eigenvalue weighted by molar-refractivity contribution is -0.272. The fourth-order valence-electron chi connectivity index (χ4n) is 16.5. The molecule has 0 aliphatic heterocycles. The second-order valence-corrected chi connectivity index (χ2v) is 39.8. The van der Waals surface area contributed by atoms with E-state index in [1.807, 2.05) is 42.5 Å². The van der Waals surface area contributed by atoms with Crippen molar-refractivity contribution in [3.05, 3.63) is 356 Å². The van der Waals surface area contributed by atoms with Gasteiger partial charge in [-0.1, -0.05) is 281 Å². The zero-order valence-electron chi connectivity index (χ0n) is 81.2. The van der Waals surface area contributed by atoms with E-state index < -0.39 is 0 Å². The molecule has 0 bridgehead atoms. The van der Waals surface area contributed by atoms with Gasteiger partial charge >= 0.3 is 0 Å². The van der Waals surface area contributed by atoms with Gasteiger partial charge in [-0.2, -0.15) is 20.3 Å². The molecule has 0 radical (unpaired) electrons. The molecule has 0 aliphatic rings. The molecule has 0 aromatic heterocycles. The average Bonchev–Trinajstić information content (AvgIpc) is 0.809. The first-order valence-electron chi connectivity index (χ1n) is 46.4. The van der Waals surface area contributed by atoms with Gasteiger partial charge < -0.3 is 28.4 Å². The zero-order valence-corrected chi connectivity index (χ0v) is 81.2. The van der Waals surface area contributed by atoms with Gasteiger partial charge in [0.05, 0.1) is 24.2 Å². The summed E-state index contributed by atoms with van der Waals surface area (Å²) < 4.78 is 40.7. The van der Waals surface area contributed by atoms with Crippen LogP contribution in [0.5, 0.6) is 34.5 Å². The molecule has 0 aliphatic carbocycles. The van der Waals surface area contributed by atoms with Gasteiger partial charge in [-0.25, -0.2) is 0 Å². The van der Waals surface area contributed by atoms with Crippen molar-refractivity contribution in [2.75, 3.05) is 0 Å². The van der Waals surface area contributed by atoms with E-state index in [9.17, 15) is 0 Å². The van der Waals surface area contributed by atoms with E-state index in [0.29, 0.717) is 84.6 Å². The first-order chi connectivity index (χ1) is 60.9. The Morgan fingerprint density at radius 1 is 0.219 bits per heavy atom. The first kappa shape index (κ1) is 98.5. The molecule has 0 fully saturated rings. The summed E-state index contributed by atoms with van der Waals surface area (Å²) in [5.74, 6) is 5.15. The van der Waals surface area contributed by atoms with Gasteiger partial charge in [0.1, 0.15) is 98.6 Å². The summed E-state index contributed by atoms with van der Waals surface area (Å²) in [6.45, 7) is 57.0. The lowest BCUT2D eigenvalue weighted by atomic mass is 9.92. The van der Waals surface area contributed by atoms with Crippen molar-refractivity contribution in [3.8, 4) is 34.5 Å². The molecule has 0 saturated carbocycles. The molecule has 11 rings (SSSR count). The molecule has 11 aromatic rings. The molecule has 8 atom stereocenters. The minimum atomic E-state index is -0.279. The summed E-state index contributed by atoms with van der Waals surface area (Å²) in [7, 11) is 0. The van der Waals surface area contributed by atoms with Crippen LogP contribution in [0, 0.1) is 23.7 Å². The van der Waals surface area contributed by atoms with E-state index >= 15 is 0 Å². The number of nitrogens with zero attached hydrogens (tertiary/aromatic N) is 4. The van der Waals surface area contributed by atoms with Gasteiger partial charge in [0.15, 0.2) is 0 Å². The molecule has 0 N–H and O–H groups in total. The van der Waals surface area contributed by atoms with Crippen molar-refractivity contribution in [2.45, 2.75) is 290 Å². The highest BCUT2D eigenvalue weighted by atomic mass is 16.7. The Kier molecular flexibility index (Phi) is 34.6. The molecule has 8 unspecified atom stereocenters. The maximum Gasteiger partial charge on any atom is 0.130 e. The second-order valence-electron chi connectivity index (χ2n) is 39.8. The maximum atomic E-state index is 6.98. The zero-order chi connectivity index (χ0) is 92.2. The number of hydrogen-bond acceptors (Lipinski definition) is 14. The molecule has 128 heavy (non-hydrogen) atoms. The SMILES string of the molecule is CCc1cc(OCc2cc(OCc3ccc(C(C)ON(C(c4ccccc4)C(C)C)C(C)(C)C)cc3)cc(OCc3ccc(C(C)ON(C(c4ccccc4)C(C)C)C(C)(C)C)cc3)c2)cc(OCc2ccc(OCc3ccc(C(C)ON(C(c4ccccc4)C(C)C)C(C)(C)C)cc3)cc2OCc2ccc(C(C)ON(C(c3ccccc3)C(C)C)C(C)(C)C)cc2)c1. The van der Waals surface area contributed by atoms with E-state index in [4.69, 9.17) is 47.8 Å². The summed E-state index contributed by atoms with van der Waals surface area (Å²) in [4.78, 5) is 27.8. The topological polar surface area (TPSA) is 105 Å². The summed E-state index contributed by atoms with van der Waals surface area (Å²) in [6.07, 6.45) is -0.106. The smallest absolute Gasteiger partial charge is 0.130 e. The highest BCUT2D eigenvalue weighted by molar-refractivity contribution is 5.45. The van der Waals surface area contributed by atoms with Crippen LogP contribution in [-0.4, -0.2) is 42.4 Å². The highest BCUT2D eigenvalue weighted by Gasteiger charge is 2.40. The van der Waals surface area contributed by atoms with Crippen LogP contribution < -0.4 is 28.4 Å². The maximum absolute atomic E-state index is 6.98. The Labute approximate surface area is 768 Å². The Morgan fingerprint density at radius 2 is 0.453 bits per heavy atom. The van der Waals surface area contributed by atoms with E-state index in [1.165, 1.54) is 22.3 Å². The standard InChI is InChI=1S/C114H146N4O10/c1-26-86-65-102(122-76-91-67-104(120-73-88-49-57-93(58-50-88)83(11)126-116(112(17,18)19)108(79(4)5)97-41-33-28-34-42-97)70-105(68-91)121-74-89-51-59-94(60-52-89)84(12)127-117(113(20,21)22)109(80(6)7)98-43-35-29-36-44-98)69-103(66-86)123-77-100-63-64-101(119-72-87-47-55-92(56-48-87)82(10)125-115(111(14,15)16)107(78(2)3)96-39-31-27-32-40-96)71-106(100)124-75-90-53-61-95(62-54-90)85(13)128-118(114(23,24)25)110(81(8)9)99-45-37-30-38-46-99/h27-71,78-85,107-110H,26,72-77H2,1-25H3. The van der Waals surface area contributed by atoms with Crippen molar-refractivity contribution in [3.63, 3.8) is 0 Å². The van der Waals surface area contributed by atoms with Crippen LogP contribution in [-0.2, 0) is 65.4 Å². The molecular weight excluding hydrogens is 1590 g/mol. The van der Waals surface area contributed by atoms with Crippen LogP contribution in [0.25, 0.3) is 0 Å². The monoisotopic (exact) mass is 1730 g/mol. The fraction of sp³-hybridized carbons (Fsp3) is 0.421. The molecule has 0 saturated heterocycles. The number of benzene rings is 11.